The van der Waals surface area contributed by atoms with Crippen molar-refractivity contribution in [1.29, 1.82) is 0 Å². The van der Waals surface area contributed by atoms with Gasteiger partial charge in [-0.2, -0.15) is 0 Å². The van der Waals surface area contributed by atoms with Crippen molar-refractivity contribution in [1.82, 2.24) is 4.98 Å². The predicted molar refractivity (Wildman–Crippen MR) is 85.0 cm³/mol. The van der Waals surface area contributed by atoms with Gasteiger partial charge in [0.1, 0.15) is 18.1 Å². The summed E-state index contributed by atoms with van der Waals surface area (Å²) < 4.78 is 11.4. The second kappa shape index (κ2) is 7.28. The third-order valence-corrected chi connectivity index (χ3v) is 3.28. The summed E-state index contributed by atoms with van der Waals surface area (Å²) in [5.74, 6) is 0.409. The number of anilines is 1. The van der Waals surface area contributed by atoms with Crippen molar-refractivity contribution >= 4 is 27.5 Å². The van der Waals surface area contributed by atoms with Crippen molar-refractivity contribution in [3.8, 4) is 5.75 Å². The third-order valence-electron chi connectivity index (χ3n) is 2.82. The van der Waals surface area contributed by atoms with Gasteiger partial charge < -0.3 is 19.8 Å². The molecule has 0 spiro atoms. The van der Waals surface area contributed by atoms with E-state index in [4.69, 9.17) is 9.47 Å². The monoisotopic (exact) mass is 352 g/mol. The highest BCUT2D eigenvalue weighted by Gasteiger charge is 2.12. The number of hydrogen-bond acceptors (Lipinski definition) is 3. The van der Waals surface area contributed by atoms with Crippen LogP contribution in [0.1, 0.15) is 16.1 Å². The summed E-state index contributed by atoms with van der Waals surface area (Å²) >= 11 is 3.30. The number of aromatic nitrogens is 1. The number of nitrogens with one attached hydrogen (secondary N) is 2. The Morgan fingerprint density at radius 3 is 2.81 bits per heavy atom. The zero-order valence-electron chi connectivity index (χ0n) is 11.9. The number of hydrogen-bond donors (Lipinski definition) is 2. The Labute approximate surface area is 131 Å². The van der Waals surface area contributed by atoms with Gasteiger partial charge in [0.15, 0.2) is 0 Å². The standard InChI is InChI=1S/C15H17BrN2O3/c1-10-3-4-12(14(7-10)21-6-5-20-2)18-15(19)13-8-11(16)9-17-13/h3-4,7-9,17H,5-6H2,1-2H3,(H,18,19). The van der Waals surface area contributed by atoms with Crippen LogP contribution in [-0.2, 0) is 4.74 Å². The average Bonchev–Trinajstić information content (AvgIpc) is 2.88. The molecule has 112 valence electrons. The number of ether oxygens (including phenoxy) is 2. The van der Waals surface area contributed by atoms with Crippen LogP contribution in [0.2, 0.25) is 0 Å². The van der Waals surface area contributed by atoms with E-state index in [1.54, 1.807) is 19.4 Å². The van der Waals surface area contributed by atoms with Crippen molar-refractivity contribution < 1.29 is 14.3 Å². The summed E-state index contributed by atoms with van der Waals surface area (Å²) in [4.78, 5) is 15.0. The molecule has 0 fully saturated rings. The molecule has 1 heterocycles. The Morgan fingerprint density at radius 2 is 2.14 bits per heavy atom. The van der Waals surface area contributed by atoms with Crippen molar-refractivity contribution in [3.63, 3.8) is 0 Å². The molecule has 2 rings (SSSR count). The molecule has 1 aromatic carbocycles. The fraction of sp³-hybridized carbons (Fsp3) is 0.267. The van der Waals surface area contributed by atoms with Crippen LogP contribution in [-0.4, -0.2) is 31.2 Å². The topological polar surface area (TPSA) is 63.4 Å². The number of aromatic amines is 1. The Morgan fingerprint density at radius 1 is 1.33 bits per heavy atom. The van der Waals surface area contributed by atoms with E-state index >= 15 is 0 Å². The Balaban J connectivity index is 2.13. The Kier molecular flexibility index (Phi) is 5.41. The Hall–Kier alpha value is -1.79. The average molecular weight is 353 g/mol. The van der Waals surface area contributed by atoms with E-state index in [1.165, 1.54) is 0 Å². The summed E-state index contributed by atoms with van der Waals surface area (Å²) in [7, 11) is 1.62. The molecule has 2 aromatic rings. The van der Waals surface area contributed by atoms with Gasteiger partial charge in [-0.15, -0.1) is 0 Å². The molecular formula is C15H17BrN2O3. The minimum atomic E-state index is -0.221. The van der Waals surface area contributed by atoms with Gasteiger partial charge >= 0.3 is 0 Å². The molecule has 0 radical (unpaired) electrons. The number of benzene rings is 1. The van der Waals surface area contributed by atoms with Gasteiger partial charge in [0, 0.05) is 17.8 Å². The molecule has 0 atom stereocenters. The number of carbonyl (C=O) groups is 1. The maximum atomic E-state index is 12.2. The zero-order valence-corrected chi connectivity index (χ0v) is 13.5. The maximum absolute atomic E-state index is 12.2. The van der Waals surface area contributed by atoms with E-state index in [0.29, 0.717) is 30.3 Å². The van der Waals surface area contributed by atoms with E-state index < -0.39 is 0 Å². The minimum Gasteiger partial charge on any atom is -0.489 e. The molecule has 0 bridgehead atoms. The highest BCUT2D eigenvalue weighted by molar-refractivity contribution is 9.10. The lowest BCUT2D eigenvalue weighted by molar-refractivity contribution is 0.102. The normalized spacial score (nSPS) is 10.4. The van der Waals surface area contributed by atoms with E-state index in [-0.39, 0.29) is 5.91 Å². The number of amides is 1. The van der Waals surface area contributed by atoms with Crippen LogP contribution >= 0.6 is 15.9 Å². The summed E-state index contributed by atoms with van der Waals surface area (Å²) in [6, 6.07) is 7.35. The fourth-order valence-corrected chi connectivity index (χ4v) is 2.12. The van der Waals surface area contributed by atoms with Gasteiger partial charge in [0.05, 0.1) is 12.3 Å². The lowest BCUT2D eigenvalue weighted by Crippen LogP contribution is -2.14. The molecule has 1 amide bonds. The quantitative estimate of drug-likeness (QED) is 0.783. The SMILES string of the molecule is COCCOc1cc(C)ccc1NC(=O)c1cc(Br)c[nH]1. The molecule has 0 saturated heterocycles. The molecule has 0 aliphatic rings. The number of H-pyrrole nitrogens is 1. The second-order valence-corrected chi connectivity index (χ2v) is 5.44. The van der Waals surface area contributed by atoms with Crippen LogP contribution in [0, 0.1) is 6.92 Å². The number of rotatable bonds is 6. The smallest absolute Gasteiger partial charge is 0.272 e. The number of aryl methyl sites for hydroxylation is 1. The first-order chi connectivity index (χ1) is 10.1. The van der Waals surface area contributed by atoms with Crippen molar-refractivity contribution in [2.24, 2.45) is 0 Å². The van der Waals surface area contributed by atoms with Gasteiger partial charge in [-0.05, 0) is 46.6 Å². The molecular weight excluding hydrogens is 336 g/mol. The van der Waals surface area contributed by atoms with Crippen LogP contribution in [0.3, 0.4) is 0 Å². The summed E-state index contributed by atoms with van der Waals surface area (Å²) in [5.41, 5.74) is 2.17. The second-order valence-electron chi connectivity index (χ2n) is 4.53. The molecule has 6 heteroatoms. The predicted octanol–water partition coefficient (Wildman–Crippen LogP) is 3.36. The van der Waals surface area contributed by atoms with Crippen LogP contribution in [0.4, 0.5) is 5.69 Å². The summed E-state index contributed by atoms with van der Waals surface area (Å²) in [5, 5.41) is 2.84. The first kappa shape index (κ1) is 15.6. The first-order valence-corrected chi connectivity index (χ1v) is 7.27. The van der Waals surface area contributed by atoms with Crippen LogP contribution in [0.5, 0.6) is 5.75 Å². The molecule has 0 aliphatic carbocycles. The van der Waals surface area contributed by atoms with Gasteiger partial charge in [-0.1, -0.05) is 6.07 Å². The number of methoxy groups -OCH3 is 1. The molecule has 21 heavy (non-hydrogen) atoms. The van der Waals surface area contributed by atoms with E-state index in [9.17, 15) is 4.79 Å². The van der Waals surface area contributed by atoms with Gasteiger partial charge in [-0.3, -0.25) is 4.79 Å². The third kappa shape index (κ3) is 4.34. The number of halogens is 1. The molecule has 0 aliphatic heterocycles. The highest BCUT2D eigenvalue weighted by Crippen LogP contribution is 2.26. The zero-order chi connectivity index (χ0) is 15.2. The van der Waals surface area contributed by atoms with E-state index in [0.717, 1.165) is 10.0 Å². The van der Waals surface area contributed by atoms with Crippen LogP contribution < -0.4 is 10.1 Å². The lowest BCUT2D eigenvalue weighted by atomic mass is 10.2. The first-order valence-electron chi connectivity index (χ1n) is 6.48. The minimum absolute atomic E-state index is 0.221. The van der Waals surface area contributed by atoms with Crippen LogP contribution in [0.15, 0.2) is 34.9 Å². The highest BCUT2D eigenvalue weighted by atomic mass is 79.9. The lowest BCUT2D eigenvalue weighted by Gasteiger charge is -2.13. The van der Waals surface area contributed by atoms with E-state index in [2.05, 4.69) is 26.2 Å². The largest absolute Gasteiger partial charge is 0.489 e. The fourth-order valence-electron chi connectivity index (χ4n) is 1.78. The van der Waals surface area contributed by atoms with Crippen molar-refractivity contribution in [3.05, 3.63) is 46.2 Å². The molecule has 5 nitrogen and oxygen atoms in total. The number of carbonyl (C=O) groups excluding carboxylic acids is 1. The van der Waals surface area contributed by atoms with E-state index in [1.807, 2.05) is 25.1 Å². The molecule has 1 aromatic heterocycles. The van der Waals surface area contributed by atoms with Gasteiger partial charge in [0.25, 0.3) is 5.91 Å². The van der Waals surface area contributed by atoms with Crippen LogP contribution in [0.25, 0.3) is 0 Å². The molecule has 2 N–H and O–H groups in total. The Bertz CT molecular complexity index is 625. The summed E-state index contributed by atoms with van der Waals surface area (Å²) in [6.07, 6.45) is 1.71. The van der Waals surface area contributed by atoms with Crippen molar-refractivity contribution in [2.75, 3.05) is 25.6 Å². The molecule has 0 unspecified atom stereocenters. The van der Waals surface area contributed by atoms with Gasteiger partial charge in [0.2, 0.25) is 0 Å². The van der Waals surface area contributed by atoms with Crippen molar-refractivity contribution in [2.45, 2.75) is 6.92 Å². The summed E-state index contributed by atoms with van der Waals surface area (Å²) in [6.45, 7) is 2.89. The maximum Gasteiger partial charge on any atom is 0.272 e. The molecule has 0 saturated carbocycles. The van der Waals surface area contributed by atoms with Gasteiger partial charge in [-0.25, -0.2) is 0 Å².